The van der Waals surface area contributed by atoms with Gasteiger partial charge >= 0.3 is 12.0 Å². The second-order valence-electron chi connectivity index (χ2n) is 5.04. The highest BCUT2D eigenvalue weighted by Gasteiger charge is 2.33. The molecule has 0 aliphatic heterocycles. The Morgan fingerprint density at radius 1 is 1.55 bits per heavy atom. The van der Waals surface area contributed by atoms with Crippen molar-refractivity contribution < 1.29 is 14.7 Å². The van der Waals surface area contributed by atoms with E-state index in [2.05, 4.69) is 10.4 Å². The van der Waals surface area contributed by atoms with Crippen LogP contribution in [0, 0.1) is 0 Å². The highest BCUT2D eigenvalue weighted by molar-refractivity contribution is 5.80. The van der Waals surface area contributed by atoms with Gasteiger partial charge in [-0.3, -0.25) is 9.48 Å². The van der Waals surface area contributed by atoms with E-state index in [-0.39, 0.29) is 18.6 Å². The van der Waals surface area contributed by atoms with Gasteiger partial charge in [0.1, 0.15) is 6.54 Å². The molecule has 1 heterocycles. The quantitative estimate of drug-likeness (QED) is 0.804. The number of nitrogens with one attached hydrogen (secondary N) is 1. The first-order valence-electron chi connectivity index (χ1n) is 6.79. The lowest BCUT2D eigenvalue weighted by Crippen LogP contribution is -2.43. The number of urea groups is 1. The summed E-state index contributed by atoms with van der Waals surface area (Å²) in [6.07, 6.45) is 4.44. The number of aliphatic carboxylic acids is 1. The predicted molar refractivity (Wildman–Crippen MR) is 72.2 cm³/mol. The number of carboxylic acid groups (broad SMARTS) is 1. The fourth-order valence-corrected chi connectivity index (χ4v) is 2.20. The first-order valence-corrected chi connectivity index (χ1v) is 6.79. The number of aromatic nitrogens is 2. The van der Waals surface area contributed by atoms with Gasteiger partial charge in [0.05, 0.1) is 5.69 Å². The molecule has 0 unspecified atom stereocenters. The lowest BCUT2D eigenvalue weighted by Gasteiger charge is -2.20. The lowest BCUT2D eigenvalue weighted by molar-refractivity contribution is -0.137. The normalized spacial score (nSPS) is 14.1. The molecule has 0 saturated heterocycles. The maximum Gasteiger partial charge on any atom is 0.323 e. The summed E-state index contributed by atoms with van der Waals surface area (Å²) in [4.78, 5) is 24.2. The van der Waals surface area contributed by atoms with Crippen molar-refractivity contribution >= 4 is 12.0 Å². The zero-order chi connectivity index (χ0) is 14.7. The lowest BCUT2D eigenvalue weighted by atomic mass is 10.2. The topological polar surface area (TPSA) is 87.5 Å². The molecule has 0 aromatic carbocycles. The van der Waals surface area contributed by atoms with E-state index in [4.69, 9.17) is 5.11 Å². The van der Waals surface area contributed by atoms with E-state index in [1.54, 1.807) is 4.68 Å². The molecule has 110 valence electrons. The minimum absolute atomic E-state index is 0.0747. The molecule has 1 aromatic heterocycles. The van der Waals surface area contributed by atoms with Gasteiger partial charge in [0, 0.05) is 31.4 Å². The minimum atomic E-state index is -0.984. The Morgan fingerprint density at radius 3 is 2.80 bits per heavy atom. The van der Waals surface area contributed by atoms with Crippen LogP contribution in [0.25, 0.3) is 0 Å². The molecule has 1 aliphatic carbocycles. The van der Waals surface area contributed by atoms with Crippen LogP contribution in [0.15, 0.2) is 6.20 Å². The third kappa shape index (κ3) is 3.49. The molecule has 2 N–H and O–H groups in total. The summed E-state index contributed by atoms with van der Waals surface area (Å²) in [5.74, 6) is -0.984. The van der Waals surface area contributed by atoms with Crippen molar-refractivity contribution in [2.24, 2.45) is 7.05 Å². The molecule has 0 atom stereocenters. The van der Waals surface area contributed by atoms with Gasteiger partial charge in [0.25, 0.3) is 0 Å². The number of carboxylic acids is 1. The van der Waals surface area contributed by atoms with Crippen LogP contribution in [0.5, 0.6) is 0 Å². The number of amides is 2. The number of rotatable bonds is 6. The molecule has 0 bridgehead atoms. The monoisotopic (exact) mass is 280 g/mol. The molecule has 0 radical (unpaired) electrons. The summed E-state index contributed by atoms with van der Waals surface area (Å²) >= 11 is 0. The van der Waals surface area contributed by atoms with Gasteiger partial charge in [-0.2, -0.15) is 5.10 Å². The highest BCUT2D eigenvalue weighted by atomic mass is 16.4. The molecule has 7 heteroatoms. The summed E-state index contributed by atoms with van der Waals surface area (Å²) < 4.78 is 1.72. The molecule has 2 amide bonds. The van der Waals surface area contributed by atoms with Gasteiger partial charge in [-0.1, -0.05) is 6.92 Å². The molecule has 1 fully saturated rings. The van der Waals surface area contributed by atoms with Gasteiger partial charge in [-0.25, -0.2) is 4.79 Å². The van der Waals surface area contributed by atoms with Crippen molar-refractivity contribution in [2.75, 3.05) is 6.54 Å². The Morgan fingerprint density at radius 2 is 2.25 bits per heavy atom. The largest absolute Gasteiger partial charge is 0.480 e. The summed E-state index contributed by atoms with van der Waals surface area (Å²) in [7, 11) is 1.84. The Labute approximate surface area is 117 Å². The summed E-state index contributed by atoms with van der Waals surface area (Å²) in [5, 5.41) is 15.9. The Hall–Kier alpha value is -2.05. The third-order valence-corrected chi connectivity index (χ3v) is 3.31. The van der Waals surface area contributed by atoms with E-state index in [0.29, 0.717) is 6.54 Å². The maximum atomic E-state index is 12.1. The average Bonchev–Trinajstić information content (AvgIpc) is 3.16. The molecule has 1 aromatic rings. The summed E-state index contributed by atoms with van der Waals surface area (Å²) in [5.41, 5.74) is 1.92. The van der Waals surface area contributed by atoms with E-state index in [1.165, 1.54) is 4.90 Å². The number of carbonyl (C=O) groups excluding carboxylic acids is 1. The number of carbonyl (C=O) groups is 2. The number of nitrogens with zero attached hydrogens (tertiary/aromatic N) is 3. The molecule has 0 spiro atoms. The molecule has 1 saturated carbocycles. The molecule has 1 aliphatic rings. The van der Waals surface area contributed by atoms with Crippen molar-refractivity contribution in [1.82, 2.24) is 20.0 Å². The van der Waals surface area contributed by atoms with Gasteiger partial charge in [-0.05, 0) is 19.3 Å². The van der Waals surface area contributed by atoms with E-state index < -0.39 is 5.97 Å². The van der Waals surface area contributed by atoms with Crippen molar-refractivity contribution in [3.63, 3.8) is 0 Å². The third-order valence-electron chi connectivity index (χ3n) is 3.31. The van der Waals surface area contributed by atoms with Crippen molar-refractivity contribution in [2.45, 2.75) is 38.8 Å². The fraction of sp³-hybridized carbons (Fsp3) is 0.615. The standard InChI is InChI=1S/C13H20N4O3/c1-3-11-9(7-16(2)15-11)6-14-13(20)17(8-12(18)19)10-4-5-10/h7,10H,3-6,8H2,1-2H3,(H,14,20)(H,18,19). The zero-order valence-electron chi connectivity index (χ0n) is 11.8. The molecular weight excluding hydrogens is 260 g/mol. The van der Waals surface area contributed by atoms with Crippen molar-refractivity contribution in [3.05, 3.63) is 17.5 Å². The zero-order valence-corrected chi connectivity index (χ0v) is 11.8. The van der Waals surface area contributed by atoms with Crippen LogP contribution in [0.4, 0.5) is 4.79 Å². The summed E-state index contributed by atoms with van der Waals surface area (Å²) in [6.45, 7) is 2.14. The highest BCUT2D eigenvalue weighted by Crippen LogP contribution is 2.26. The van der Waals surface area contributed by atoms with Gasteiger partial charge in [-0.15, -0.1) is 0 Å². The Balaban J connectivity index is 1.94. The van der Waals surface area contributed by atoms with Crippen LogP contribution in [-0.2, 0) is 24.8 Å². The van der Waals surface area contributed by atoms with E-state index in [9.17, 15) is 9.59 Å². The smallest absolute Gasteiger partial charge is 0.323 e. The predicted octanol–water partition coefficient (Wildman–Crippen LogP) is 0.741. The first-order chi connectivity index (χ1) is 9.51. The van der Waals surface area contributed by atoms with Crippen LogP contribution in [-0.4, -0.2) is 44.4 Å². The van der Waals surface area contributed by atoms with Gasteiger partial charge in [0.15, 0.2) is 0 Å². The minimum Gasteiger partial charge on any atom is -0.480 e. The van der Waals surface area contributed by atoms with Crippen LogP contribution < -0.4 is 5.32 Å². The molecule has 20 heavy (non-hydrogen) atoms. The molecular formula is C13H20N4O3. The van der Waals surface area contributed by atoms with E-state index in [1.807, 2.05) is 20.2 Å². The van der Waals surface area contributed by atoms with Crippen LogP contribution >= 0.6 is 0 Å². The SMILES string of the molecule is CCc1nn(C)cc1CNC(=O)N(CC(=O)O)C1CC1. The Bertz CT molecular complexity index is 508. The fourth-order valence-electron chi connectivity index (χ4n) is 2.20. The van der Waals surface area contributed by atoms with Crippen LogP contribution in [0.2, 0.25) is 0 Å². The van der Waals surface area contributed by atoms with Gasteiger partial charge < -0.3 is 15.3 Å². The van der Waals surface area contributed by atoms with Crippen LogP contribution in [0.1, 0.15) is 31.0 Å². The van der Waals surface area contributed by atoms with Crippen molar-refractivity contribution in [3.8, 4) is 0 Å². The molecule has 2 rings (SSSR count). The number of aryl methyl sites for hydroxylation is 2. The molecule has 7 nitrogen and oxygen atoms in total. The Kier molecular flexibility index (Phi) is 4.26. The average molecular weight is 280 g/mol. The first kappa shape index (κ1) is 14.4. The number of hydrogen-bond donors (Lipinski definition) is 2. The van der Waals surface area contributed by atoms with Crippen LogP contribution in [0.3, 0.4) is 0 Å². The summed E-state index contributed by atoms with van der Waals surface area (Å²) in [6, 6.07) is -0.244. The second-order valence-corrected chi connectivity index (χ2v) is 5.04. The van der Waals surface area contributed by atoms with E-state index in [0.717, 1.165) is 30.5 Å². The van der Waals surface area contributed by atoms with Crippen molar-refractivity contribution in [1.29, 1.82) is 0 Å². The van der Waals surface area contributed by atoms with E-state index >= 15 is 0 Å². The second kappa shape index (κ2) is 5.94. The maximum absolute atomic E-state index is 12.1. The van der Waals surface area contributed by atoms with Gasteiger partial charge in [0.2, 0.25) is 0 Å². The number of hydrogen-bond acceptors (Lipinski definition) is 3.